The Kier molecular flexibility index (Phi) is 4.67. The topological polar surface area (TPSA) is 20.2 Å². The lowest BCUT2D eigenvalue weighted by atomic mass is 9.97. The van der Waals surface area contributed by atoms with Gasteiger partial charge in [0.15, 0.2) is 0 Å². The van der Waals surface area contributed by atoms with Gasteiger partial charge in [0.1, 0.15) is 6.10 Å². The Morgan fingerprint density at radius 3 is 2.00 bits per heavy atom. The first kappa shape index (κ1) is 14.6. The molecule has 1 N–H and O–H groups in total. The third-order valence-electron chi connectivity index (χ3n) is 3.18. The van der Waals surface area contributed by atoms with Crippen LogP contribution in [0.15, 0.2) is 46.9 Å². The molecule has 2 aromatic rings. The van der Waals surface area contributed by atoms with E-state index in [1.54, 1.807) is 6.07 Å². The SMILES string of the molecule is CC(C)c1ccc(C(O)c2ccc(Cl)c(Br)c2)cc1. The van der Waals surface area contributed by atoms with Gasteiger partial charge in [0.25, 0.3) is 0 Å². The second-order valence-electron chi connectivity index (χ2n) is 4.90. The van der Waals surface area contributed by atoms with Crippen LogP contribution in [0.3, 0.4) is 0 Å². The lowest BCUT2D eigenvalue weighted by Gasteiger charge is -2.14. The Morgan fingerprint density at radius 1 is 0.947 bits per heavy atom. The Labute approximate surface area is 127 Å². The lowest BCUT2D eigenvalue weighted by molar-refractivity contribution is 0.220. The van der Waals surface area contributed by atoms with E-state index in [0.29, 0.717) is 10.9 Å². The van der Waals surface area contributed by atoms with Crippen LogP contribution in [0, 0.1) is 0 Å². The molecule has 0 radical (unpaired) electrons. The van der Waals surface area contributed by atoms with Crippen LogP contribution in [0.1, 0.15) is 42.6 Å². The molecule has 100 valence electrons. The van der Waals surface area contributed by atoms with Gasteiger partial charge in [-0.25, -0.2) is 0 Å². The standard InChI is InChI=1S/C16H16BrClO/c1-10(2)11-3-5-12(6-4-11)16(19)13-7-8-15(18)14(17)9-13/h3-10,16,19H,1-2H3. The highest BCUT2D eigenvalue weighted by Gasteiger charge is 2.12. The summed E-state index contributed by atoms with van der Waals surface area (Å²) in [4.78, 5) is 0. The Bertz CT molecular complexity index is 563. The molecule has 19 heavy (non-hydrogen) atoms. The van der Waals surface area contributed by atoms with Crippen molar-refractivity contribution < 1.29 is 5.11 Å². The second-order valence-corrected chi connectivity index (χ2v) is 6.16. The first-order valence-corrected chi connectivity index (χ1v) is 7.39. The molecule has 1 unspecified atom stereocenters. The zero-order valence-electron chi connectivity index (χ0n) is 10.9. The zero-order chi connectivity index (χ0) is 14.0. The van der Waals surface area contributed by atoms with Gasteiger partial charge >= 0.3 is 0 Å². The fourth-order valence-electron chi connectivity index (χ4n) is 1.94. The minimum atomic E-state index is -0.630. The molecule has 2 rings (SSSR count). The molecule has 1 atom stereocenters. The van der Waals surface area contributed by atoms with Crippen LogP contribution >= 0.6 is 27.5 Å². The van der Waals surface area contributed by atoms with E-state index in [2.05, 4.69) is 41.9 Å². The summed E-state index contributed by atoms with van der Waals surface area (Å²) in [5.41, 5.74) is 2.99. The summed E-state index contributed by atoms with van der Waals surface area (Å²) in [6.45, 7) is 4.31. The predicted octanol–water partition coefficient (Wildman–Crippen LogP) is 5.31. The highest BCUT2D eigenvalue weighted by atomic mass is 79.9. The molecule has 0 bridgehead atoms. The molecule has 0 spiro atoms. The van der Waals surface area contributed by atoms with Crippen LogP contribution in [-0.2, 0) is 0 Å². The van der Waals surface area contributed by atoms with E-state index >= 15 is 0 Å². The van der Waals surface area contributed by atoms with Crippen LogP contribution in [-0.4, -0.2) is 5.11 Å². The summed E-state index contributed by atoms with van der Waals surface area (Å²) < 4.78 is 0.796. The molecule has 0 aliphatic carbocycles. The van der Waals surface area contributed by atoms with Crippen molar-refractivity contribution in [2.45, 2.75) is 25.9 Å². The van der Waals surface area contributed by atoms with Crippen molar-refractivity contribution in [1.29, 1.82) is 0 Å². The number of halogens is 2. The average molecular weight is 340 g/mol. The van der Waals surface area contributed by atoms with Gasteiger partial charge in [0.05, 0.1) is 5.02 Å². The van der Waals surface area contributed by atoms with E-state index in [1.807, 2.05) is 24.3 Å². The molecule has 3 heteroatoms. The van der Waals surface area contributed by atoms with Gasteiger partial charge in [-0.1, -0.05) is 55.8 Å². The van der Waals surface area contributed by atoms with Crippen molar-refractivity contribution in [2.75, 3.05) is 0 Å². The van der Waals surface area contributed by atoms with Crippen molar-refractivity contribution in [2.24, 2.45) is 0 Å². The smallest absolute Gasteiger partial charge is 0.104 e. The van der Waals surface area contributed by atoms with E-state index in [0.717, 1.165) is 15.6 Å². The molecule has 0 aliphatic rings. The first-order valence-electron chi connectivity index (χ1n) is 6.22. The van der Waals surface area contributed by atoms with Crippen LogP contribution in [0.2, 0.25) is 5.02 Å². The molecule has 0 saturated heterocycles. The largest absolute Gasteiger partial charge is 0.384 e. The molecular formula is C16H16BrClO. The maximum absolute atomic E-state index is 10.4. The average Bonchev–Trinajstić information content (AvgIpc) is 2.41. The van der Waals surface area contributed by atoms with E-state index in [9.17, 15) is 5.11 Å². The maximum atomic E-state index is 10.4. The monoisotopic (exact) mass is 338 g/mol. The van der Waals surface area contributed by atoms with E-state index in [-0.39, 0.29) is 0 Å². The fraction of sp³-hybridized carbons (Fsp3) is 0.250. The van der Waals surface area contributed by atoms with Crippen molar-refractivity contribution in [3.8, 4) is 0 Å². The highest BCUT2D eigenvalue weighted by molar-refractivity contribution is 9.10. The van der Waals surface area contributed by atoms with Crippen LogP contribution in [0.25, 0.3) is 0 Å². The molecule has 1 nitrogen and oxygen atoms in total. The number of aliphatic hydroxyl groups is 1. The Morgan fingerprint density at radius 2 is 1.47 bits per heavy atom. The van der Waals surface area contributed by atoms with Crippen LogP contribution in [0.4, 0.5) is 0 Å². The minimum absolute atomic E-state index is 0.496. The molecule has 0 aliphatic heterocycles. The van der Waals surface area contributed by atoms with E-state index in [4.69, 9.17) is 11.6 Å². The van der Waals surface area contributed by atoms with Crippen molar-refractivity contribution in [3.05, 3.63) is 68.7 Å². The summed E-state index contributed by atoms with van der Waals surface area (Å²) in [5, 5.41) is 11.0. The van der Waals surface area contributed by atoms with E-state index < -0.39 is 6.10 Å². The third-order valence-corrected chi connectivity index (χ3v) is 4.39. The molecule has 0 aromatic heterocycles. The number of aliphatic hydroxyl groups excluding tert-OH is 1. The van der Waals surface area contributed by atoms with Gasteiger partial charge in [-0.05, 0) is 50.7 Å². The minimum Gasteiger partial charge on any atom is -0.384 e. The first-order chi connectivity index (χ1) is 8.99. The van der Waals surface area contributed by atoms with Gasteiger partial charge in [-0.3, -0.25) is 0 Å². The number of hydrogen-bond donors (Lipinski definition) is 1. The fourth-order valence-corrected chi connectivity index (χ4v) is 2.45. The van der Waals surface area contributed by atoms with Crippen LogP contribution < -0.4 is 0 Å². The summed E-state index contributed by atoms with van der Waals surface area (Å²) in [6, 6.07) is 13.6. The van der Waals surface area contributed by atoms with Crippen molar-refractivity contribution in [3.63, 3.8) is 0 Å². The summed E-state index contributed by atoms with van der Waals surface area (Å²) >= 11 is 9.33. The summed E-state index contributed by atoms with van der Waals surface area (Å²) in [7, 11) is 0. The maximum Gasteiger partial charge on any atom is 0.104 e. The molecule has 0 heterocycles. The zero-order valence-corrected chi connectivity index (χ0v) is 13.2. The quantitative estimate of drug-likeness (QED) is 0.803. The summed E-state index contributed by atoms with van der Waals surface area (Å²) in [6.07, 6.45) is -0.630. The van der Waals surface area contributed by atoms with Gasteiger partial charge in [0, 0.05) is 4.47 Å². The molecule has 2 aromatic carbocycles. The van der Waals surface area contributed by atoms with Crippen molar-refractivity contribution in [1.82, 2.24) is 0 Å². The molecule has 0 amide bonds. The second kappa shape index (κ2) is 6.08. The number of hydrogen-bond acceptors (Lipinski definition) is 1. The van der Waals surface area contributed by atoms with Crippen molar-refractivity contribution >= 4 is 27.5 Å². The van der Waals surface area contributed by atoms with Gasteiger partial charge in [-0.2, -0.15) is 0 Å². The molecule has 0 saturated carbocycles. The van der Waals surface area contributed by atoms with Gasteiger partial charge < -0.3 is 5.11 Å². The number of benzene rings is 2. The molecular weight excluding hydrogens is 324 g/mol. The predicted molar refractivity (Wildman–Crippen MR) is 83.7 cm³/mol. The lowest BCUT2D eigenvalue weighted by Crippen LogP contribution is -2.00. The van der Waals surface area contributed by atoms with Crippen LogP contribution in [0.5, 0.6) is 0 Å². The Hall–Kier alpha value is -0.830. The van der Waals surface area contributed by atoms with E-state index in [1.165, 1.54) is 5.56 Å². The third kappa shape index (κ3) is 3.38. The number of rotatable bonds is 3. The van der Waals surface area contributed by atoms with Gasteiger partial charge in [-0.15, -0.1) is 0 Å². The Balaban J connectivity index is 2.27. The van der Waals surface area contributed by atoms with Gasteiger partial charge in [0.2, 0.25) is 0 Å². The normalized spacial score (nSPS) is 12.7. The summed E-state index contributed by atoms with van der Waals surface area (Å²) in [5.74, 6) is 0.496. The highest BCUT2D eigenvalue weighted by Crippen LogP contribution is 2.29. The molecule has 0 fully saturated rings.